The van der Waals surface area contributed by atoms with Gasteiger partial charge in [-0.1, -0.05) is 160 Å². The minimum Gasteiger partial charge on any atom is -0.462 e. The van der Waals surface area contributed by atoms with Gasteiger partial charge in [0.05, 0.1) is 18.8 Å². The summed E-state index contributed by atoms with van der Waals surface area (Å²) in [6, 6.07) is 0. The van der Waals surface area contributed by atoms with Crippen LogP contribution in [0.4, 0.5) is 0 Å². The average molecular weight is 1070 g/mol. The molecule has 0 aliphatic heterocycles. The zero-order valence-electron chi connectivity index (χ0n) is 42.2. The molecular weight excluding hydrogens is 987 g/mol. The molecule has 0 aromatic rings. The highest BCUT2D eigenvalue weighted by molar-refractivity contribution is 7.47. The number of ether oxygens (including phenoxy) is 2. The van der Waals surface area contributed by atoms with Crippen molar-refractivity contribution in [1.82, 2.24) is 0 Å². The maximum Gasteiger partial charge on any atom is 0.472 e. The van der Waals surface area contributed by atoms with E-state index in [-0.39, 0.29) is 19.3 Å². The van der Waals surface area contributed by atoms with Crippen molar-refractivity contribution >= 4 is 27.6 Å². The molecule has 0 spiro atoms. The van der Waals surface area contributed by atoms with Crippen LogP contribution < -0.4 is 0 Å². The standard InChI is InChI=1S/C53H82O18P2/c1-3-5-7-8-9-10-11-12-13-14-15-16-17-18-19-20-24-27-33-39-46(56)67-41-45(42-68-73(65,66)71-53-50(60)48(58)49(59)52(51(53)61)70-72(62,63)64)69-47(57)40-34-28-32-38-44(55)37-31-26-23-21-22-25-30-36-43(54)35-29-6-4-2/h6,9-10,12-13,15-16,18-19,22-27,29-32,36-38,43-45,48-55,58-61H,3-5,7-8,11,14,17,20-21,28,33-35,39-42H2,1-2H3,(H,65,66)(H2,62,63,64)/b10-9-,13-12-,16-15-,19-18-,25-22-,26-23-,27-24-,29-6-,36-30+,37-31+,38-32-/t43-,44-,45+,48?,49?,50?,51?,52+,53-/m0/s1. The third-order valence-corrected chi connectivity index (χ3v) is 11.9. The Balaban J connectivity index is 2.74. The summed E-state index contributed by atoms with van der Waals surface area (Å²) < 4.78 is 49.2. The van der Waals surface area contributed by atoms with E-state index in [0.29, 0.717) is 32.1 Å². The lowest BCUT2D eigenvalue weighted by Crippen LogP contribution is -2.64. The predicted octanol–water partition coefficient (Wildman–Crippen LogP) is 8.00. The molecule has 0 saturated heterocycles. The Labute approximate surface area is 431 Å². The van der Waals surface area contributed by atoms with Crippen LogP contribution in [0.25, 0.3) is 0 Å². The number of phosphoric acid groups is 2. The molecule has 18 nitrogen and oxygen atoms in total. The molecule has 412 valence electrons. The summed E-state index contributed by atoms with van der Waals surface area (Å²) in [5.74, 6) is -1.50. The average Bonchev–Trinajstić information content (AvgIpc) is 3.34. The molecule has 9 N–H and O–H groups in total. The van der Waals surface area contributed by atoms with E-state index < -0.39 is 95.7 Å². The van der Waals surface area contributed by atoms with Gasteiger partial charge in [0.15, 0.2) is 6.10 Å². The van der Waals surface area contributed by atoms with E-state index in [1.54, 1.807) is 42.5 Å². The van der Waals surface area contributed by atoms with E-state index in [0.717, 1.165) is 32.1 Å². The summed E-state index contributed by atoms with van der Waals surface area (Å²) in [7, 11) is -10.8. The first-order chi connectivity index (χ1) is 34.9. The molecule has 0 aromatic heterocycles. The van der Waals surface area contributed by atoms with Crippen molar-refractivity contribution in [3.05, 3.63) is 134 Å². The minimum absolute atomic E-state index is 0.0548. The quantitative estimate of drug-likeness (QED) is 0.00926. The van der Waals surface area contributed by atoms with Crippen molar-refractivity contribution in [3.63, 3.8) is 0 Å². The van der Waals surface area contributed by atoms with Crippen LogP contribution in [0.1, 0.15) is 117 Å². The van der Waals surface area contributed by atoms with Crippen molar-refractivity contribution in [2.24, 2.45) is 0 Å². The zero-order valence-corrected chi connectivity index (χ0v) is 44.0. The summed E-state index contributed by atoms with van der Waals surface area (Å²) in [6.07, 6.45) is 36.2. The SMILES string of the molecule is CC/C=C\C[C@H](O)/C=C/C=C\C/C=C\C=C\[C@H](O)/C=C\CCCC(=O)O[C@H](COC(=O)CC/C=C\C/C=C\C/C=C\C/C=C\C/C=C\CCCCC)COP(=O)(O)O[C@H]1C(O)C(O)C(O)[C@@H](OP(=O)(O)O)C1O. The Morgan fingerprint density at radius 1 is 0.534 bits per heavy atom. The molecule has 1 rings (SSSR count). The molecule has 0 amide bonds. The maximum absolute atomic E-state index is 13.0. The lowest BCUT2D eigenvalue weighted by Gasteiger charge is -2.43. The second-order valence-corrected chi connectivity index (χ2v) is 19.4. The highest BCUT2D eigenvalue weighted by Crippen LogP contribution is 2.49. The summed E-state index contributed by atoms with van der Waals surface area (Å²) in [6.45, 7) is 2.66. The van der Waals surface area contributed by atoms with Crippen molar-refractivity contribution < 1.29 is 87.1 Å². The van der Waals surface area contributed by atoms with E-state index >= 15 is 0 Å². The number of aliphatic hydroxyl groups is 6. The predicted molar refractivity (Wildman–Crippen MR) is 280 cm³/mol. The lowest BCUT2D eigenvalue weighted by atomic mass is 9.85. The fourth-order valence-corrected chi connectivity index (χ4v) is 8.05. The maximum atomic E-state index is 13.0. The molecule has 0 radical (unpaired) electrons. The molecule has 1 aliphatic rings. The van der Waals surface area contributed by atoms with Gasteiger partial charge in [0.2, 0.25) is 0 Å². The van der Waals surface area contributed by atoms with Crippen LogP contribution in [0.5, 0.6) is 0 Å². The molecule has 73 heavy (non-hydrogen) atoms. The molecule has 0 bridgehead atoms. The Kier molecular flexibility index (Phi) is 38.0. The first-order valence-electron chi connectivity index (χ1n) is 25.0. The fourth-order valence-electron chi connectivity index (χ4n) is 6.51. The number of hydrogen-bond donors (Lipinski definition) is 9. The van der Waals surface area contributed by atoms with E-state index in [4.69, 9.17) is 18.5 Å². The van der Waals surface area contributed by atoms with E-state index in [1.807, 2.05) is 55.5 Å². The van der Waals surface area contributed by atoms with Crippen molar-refractivity contribution in [2.45, 2.75) is 172 Å². The molecule has 10 atom stereocenters. The number of hydrogen-bond acceptors (Lipinski definition) is 15. The molecule has 5 unspecified atom stereocenters. The monoisotopic (exact) mass is 1070 g/mol. The Morgan fingerprint density at radius 3 is 1.67 bits per heavy atom. The number of allylic oxidation sites excluding steroid dienone is 18. The van der Waals surface area contributed by atoms with Gasteiger partial charge < -0.3 is 54.8 Å². The van der Waals surface area contributed by atoms with Crippen molar-refractivity contribution in [1.29, 1.82) is 0 Å². The highest BCUT2D eigenvalue weighted by Gasteiger charge is 2.54. The molecule has 0 aromatic carbocycles. The second-order valence-electron chi connectivity index (χ2n) is 16.8. The molecule has 1 fully saturated rings. The smallest absolute Gasteiger partial charge is 0.462 e. The van der Waals surface area contributed by atoms with Gasteiger partial charge in [0.25, 0.3) is 0 Å². The first kappa shape index (κ1) is 67.1. The highest BCUT2D eigenvalue weighted by atomic mass is 31.2. The van der Waals surface area contributed by atoms with Crippen molar-refractivity contribution in [3.8, 4) is 0 Å². The lowest BCUT2D eigenvalue weighted by molar-refractivity contribution is -0.216. The third-order valence-electron chi connectivity index (χ3n) is 10.4. The fraction of sp³-hybridized carbons (Fsp3) is 0.547. The van der Waals surface area contributed by atoms with Gasteiger partial charge in [-0.25, -0.2) is 9.13 Å². The Bertz CT molecular complexity index is 1950. The summed E-state index contributed by atoms with van der Waals surface area (Å²) in [4.78, 5) is 54.3. The summed E-state index contributed by atoms with van der Waals surface area (Å²) in [5, 5.41) is 61.4. The largest absolute Gasteiger partial charge is 0.472 e. The van der Waals surface area contributed by atoms with Crippen molar-refractivity contribution in [2.75, 3.05) is 13.2 Å². The van der Waals surface area contributed by atoms with Crippen LogP contribution >= 0.6 is 15.6 Å². The zero-order chi connectivity index (χ0) is 54.2. The number of esters is 2. The molecule has 20 heteroatoms. The molecular formula is C53H82O18P2. The van der Waals surface area contributed by atoms with Crippen LogP contribution in [-0.4, -0.2) is 125 Å². The van der Waals surface area contributed by atoms with Crippen LogP contribution in [0.2, 0.25) is 0 Å². The van der Waals surface area contributed by atoms with Gasteiger partial charge in [0, 0.05) is 12.8 Å². The number of rotatable bonds is 39. The number of carbonyl (C=O) groups is 2. The van der Waals surface area contributed by atoms with Crippen LogP contribution in [0, 0.1) is 0 Å². The van der Waals surface area contributed by atoms with Crippen LogP contribution in [-0.2, 0) is 41.8 Å². The second kappa shape index (κ2) is 41.3. The number of carbonyl (C=O) groups excluding carboxylic acids is 2. The van der Waals surface area contributed by atoms with Gasteiger partial charge in [-0.05, 0) is 77.0 Å². The first-order valence-corrected chi connectivity index (χ1v) is 28.0. The number of phosphoric ester groups is 2. The summed E-state index contributed by atoms with van der Waals surface area (Å²) in [5.41, 5.74) is 0. The van der Waals surface area contributed by atoms with Gasteiger partial charge >= 0.3 is 27.6 Å². The Hall–Kier alpha value is -3.94. The molecule has 1 aliphatic carbocycles. The van der Waals surface area contributed by atoms with Gasteiger partial charge in [-0.3, -0.25) is 23.2 Å². The summed E-state index contributed by atoms with van der Waals surface area (Å²) >= 11 is 0. The Morgan fingerprint density at radius 2 is 1.08 bits per heavy atom. The van der Waals surface area contributed by atoms with Crippen LogP contribution in [0.3, 0.4) is 0 Å². The minimum atomic E-state index is -5.41. The number of unbranched alkanes of at least 4 members (excludes halogenated alkanes) is 4. The van der Waals surface area contributed by atoms with E-state index in [2.05, 4.69) is 47.9 Å². The molecule has 0 heterocycles. The van der Waals surface area contributed by atoms with Crippen LogP contribution in [0.15, 0.2) is 134 Å². The van der Waals surface area contributed by atoms with Gasteiger partial charge in [-0.2, -0.15) is 0 Å². The van der Waals surface area contributed by atoms with Gasteiger partial charge in [0.1, 0.15) is 43.2 Å². The number of aliphatic hydroxyl groups excluding tert-OH is 6. The van der Waals surface area contributed by atoms with E-state index in [9.17, 15) is 64.0 Å². The van der Waals surface area contributed by atoms with E-state index in [1.165, 1.54) is 25.3 Å². The topological polar surface area (TPSA) is 296 Å². The molecule has 1 saturated carbocycles. The van der Waals surface area contributed by atoms with Gasteiger partial charge in [-0.15, -0.1) is 0 Å². The third kappa shape index (κ3) is 35.8. The normalized spacial score (nSPS) is 22.6.